The van der Waals surface area contributed by atoms with Crippen LogP contribution in [0.15, 0.2) is 0 Å². The predicted octanol–water partition coefficient (Wildman–Crippen LogP) is 3.84. The number of unbranched alkanes of at least 4 members (excludes halogenated alkanes) is 5. The monoisotopic (exact) mass is 220 g/mol. The first-order valence-corrected chi connectivity index (χ1v) is 5.96. The number of hydrogen-bond acceptors (Lipinski definition) is 2. The van der Waals surface area contributed by atoms with Crippen molar-refractivity contribution in [1.29, 1.82) is 0 Å². The summed E-state index contributed by atoms with van der Waals surface area (Å²) in [5.74, 6) is -0.0256. The molecule has 0 fully saturated rings. The predicted molar refractivity (Wildman–Crippen MR) is 61.7 cm³/mol. The molecule has 0 saturated heterocycles. The Morgan fingerprint density at radius 2 is 1.53 bits per heavy atom. The van der Waals surface area contributed by atoms with Gasteiger partial charge in [0.05, 0.1) is 6.61 Å². The Labute approximate surface area is 92.8 Å². The van der Waals surface area contributed by atoms with Crippen LogP contribution in [0.3, 0.4) is 0 Å². The fourth-order valence-corrected chi connectivity index (χ4v) is 1.34. The third kappa shape index (κ3) is 13.4. The summed E-state index contributed by atoms with van der Waals surface area (Å²) < 4.78 is 4.98. The fraction of sp³-hybridized carbons (Fsp3) is 0.917. The van der Waals surface area contributed by atoms with Gasteiger partial charge in [-0.3, -0.25) is 9.50 Å². The molecule has 0 aliphatic rings. The quantitative estimate of drug-likeness (QED) is 0.436. The van der Waals surface area contributed by atoms with Gasteiger partial charge in [0.25, 0.3) is 0 Å². The van der Waals surface area contributed by atoms with Crippen molar-refractivity contribution >= 4 is 5.97 Å². The summed E-state index contributed by atoms with van der Waals surface area (Å²) in [6.45, 7) is 4.80. The van der Waals surface area contributed by atoms with Crippen LogP contribution in [0.2, 0.25) is 0 Å². The molecule has 0 aliphatic heterocycles. The maximum absolute atomic E-state index is 11.1. The van der Waals surface area contributed by atoms with Crippen LogP contribution in [0.1, 0.15) is 65.2 Å². The molecule has 2 nitrogen and oxygen atoms in total. The summed E-state index contributed by atoms with van der Waals surface area (Å²) in [7, 11) is 0. The molecule has 0 heterocycles. The van der Waals surface area contributed by atoms with Crippen molar-refractivity contribution in [1.82, 2.24) is 0 Å². The molecule has 0 aromatic carbocycles. The average Bonchev–Trinajstić information content (AvgIpc) is 2.20. The van der Waals surface area contributed by atoms with Crippen molar-refractivity contribution in [2.45, 2.75) is 65.2 Å². The van der Waals surface area contributed by atoms with E-state index in [1.54, 1.807) is 0 Å². The number of carbonyl (C=O) groups is 1. The third-order valence-electron chi connectivity index (χ3n) is 2.20. The van der Waals surface area contributed by atoms with Gasteiger partial charge >= 0.3 is 5.97 Å². The maximum Gasteiger partial charge on any atom is 0.305 e. The minimum Gasteiger partial charge on any atom is -0.466 e. The Morgan fingerprint density at radius 3 is 2.13 bits per heavy atom. The van der Waals surface area contributed by atoms with Crippen LogP contribution in [0.5, 0.6) is 0 Å². The van der Waals surface area contributed by atoms with E-state index >= 15 is 0 Å². The van der Waals surface area contributed by atoms with Crippen LogP contribution in [0.4, 0.5) is 4.70 Å². The molecule has 0 N–H and O–H groups in total. The second kappa shape index (κ2) is 13.4. The smallest absolute Gasteiger partial charge is 0.305 e. The van der Waals surface area contributed by atoms with E-state index in [0.29, 0.717) is 13.0 Å². The van der Waals surface area contributed by atoms with Gasteiger partial charge in [0.1, 0.15) is 0 Å². The Hall–Kier alpha value is -0.600. The lowest BCUT2D eigenvalue weighted by molar-refractivity contribution is -0.143. The Morgan fingerprint density at radius 1 is 0.933 bits per heavy atom. The topological polar surface area (TPSA) is 26.3 Å². The first-order chi connectivity index (χ1) is 6.81. The molecule has 0 atom stereocenters. The van der Waals surface area contributed by atoms with Gasteiger partial charge < -0.3 is 4.74 Å². The lowest BCUT2D eigenvalue weighted by atomic mass is 10.1. The Bertz CT molecular complexity index is 138. The summed E-state index contributed by atoms with van der Waals surface area (Å²) in [6.07, 6.45) is 8.84. The molecule has 0 saturated carbocycles. The van der Waals surface area contributed by atoms with Crippen molar-refractivity contribution in [3.8, 4) is 0 Å². The molecule has 0 spiro atoms. The van der Waals surface area contributed by atoms with Crippen LogP contribution < -0.4 is 0 Å². The lowest BCUT2D eigenvalue weighted by Gasteiger charge is -2.02. The number of hydrogen-bond donors (Lipinski definition) is 0. The first-order valence-electron chi connectivity index (χ1n) is 5.96. The molecular weight excluding hydrogens is 195 g/mol. The average molecular weight is 220 g/mol. The summed E-state index contributed by atoms with van der Waals surface area (Å²) in [5, 5.41) is 0. The number of esters is 1. The van der Waals surface area contributed by atoms with Crippen LogP contribution in [0.25, 0.3) is 0 Å². The molecular formula is C12H25FO2. The number of rotatable bonds is 9. The van der Waals surface area contributed by atoms with Gasteiger partial charge in [-0.1, -0.05) is 46.0 Å². The van der Waals surface area contributed by atoms with E-state index in [-0.39, 0.29) is 10.7 Å². The molecule has 0 aromatic heterocycles. The largest absolute Gasteiger partial charge is 0.466 e. The standard InChI is InChI=1S/C12H24O2.FH/c1-3-5-6-7-8-9-10-12(13)14-11-4-2;/h3-11H2,1-2H3;1H. The van der Waals surface area contributed by atoms with E-state index in [4.69, 9.17) is 4.74 Å². The van der Waals surface area contributed by atoms with E-state index in [1.165, 1.54) is 32.1 Å². The second-order valence-corrected chi connectivity index (χ2v) is 3.74. The summed E-state index contributed by atoms with van der Waals surface area (Å²) in [6, 6.07) is 0. The molecule has 3 heteroatoms. The van der Waals surface area contributed by atoms with E-state index in [0.717, 1.165) is 12.8 Å². The van der Waals surface area contributed by atoms with E-state index in [9.17, 15) is 4.79 Å². The molecule has 15 heavy (non-hydrogen) atoms. The van der Waals surface area contributed by atoms with Crippen molar-refractivity contribution in [3.63, 3.8) is 0 Å². The van der Waals surface area contributed by atoms with Gasteiger partial charge in [0.15, 0.2) is 0 Å². The van der Waals surface area contributed by atoms with Gasteiger partial charge in [-0.2, -0.15) is 0 Å². The van der Waals surface area contributed by atoms with Crippen molar-refractivity contribution in [2.75, 3.05) is 6.61 Å². The zero-order valence-electron chi connectivity index (χ0n) is 10.1. The molecule has 0 aromatic rings. The second-order valence-electron chi connectivity index (χ2n) is 3.74. The number of carbonyl (C=O) groups excluding carboxylic acids is 1. The normalized spacial score (nSPS) is 9.47. The van der Waals surface area contributed by atoms with Gasteiger partial charge in [0, 0.05) is 6.42 Å². The summed E-state index contributed by atoms with van der Waals surface area (Å²) in [5.41, 5.74) is 0. The highest BCUT2D eigenvalue weighted by Gasteiger charge is 2.00. The van der Waals surface area contributed by atoms with Crippen molar-refractivity contribution in [3.05, 3.63) is 0 Å². The van der Waals surface area contributed by atoms with Gasteiger partial charge in [0.2, 0.25) is 0 Å². The van der Waals surface area contributed by atoms with E-state index < -0.39 is 0 Å². The highest BCUT2D eigenvalue weighted by molar-refractivity contribution is 5.69. The van der Waals surface area contributed by atoms with Crippen molar-refractivity contribution < 1.29 is 14.2 Å². The third-order valence-corrected chi connectivity index (χ3v) is 2.20. The molecule has 0 amide bonds. The molecule has 0 rings (SSSR count). The minimum absolute atomic E-state index is 0. The number of halogens is 1. The molecule has 92 valence electrons. The molecule has 0 aliphatic carbocycles. The van der Waals surface area contributed by atoms with Crippen LogP contribution in [0, 0.1) is 0 Å². The zero-order chi connectivity index (χ0) is 10.6. The van der Waals surface area contributed by atoms with Gasteiger partial charge in [-0.15, -0.1) is 0 Å². The summed E-state index contributed by atoms with van der Waals surface area (Å²) in [4.78, 5) is 11.1. The van der Waals surface area contributed by atoms with Crippen LogP contribution in [-0.2, 0) is 9.53 Å². The first kappa shape index (κ1) is 16.8. The van der Waals surface area contributed by atoms with Gasteiger partial charge in [-0.05, 0) is 12.8 Å². The highest BCUT2D eigenvalue weighted by Crippen LogP contribution is 2.07. The van der Waals surface area contributed by atoms with Crippen molar-refractivity contribution in [2.24, 2.45) is 0 Å². The lowest BCUT2D eigenvalue weighted by Crippen LogP contribution is -2.04. The SMILES string of the molecule is CCCCCCCCC(=O)OCCC.F. The fourth-order valence-electron chi connectivity index (χ4n) is 1.34. The van der Waals surface area contributed by atoms with Gasteiger partial charge in [-0.25, -0.2) is 0 Å². The zero-order valence-corrected chi connectivity index (χ0v) is 10.1. The molecule has 0 bridgehead atoms. The maximum atomic E-state index is 11.1. The Balaban J connectivity index is 0. The highest BCUT2D eigenvalue weighted by atomic mass is 19.0. The molecule has 0 radical (unpaired) electrons. The Kier molecular flexibility index (Phi) is 15.0. The van der Waals surface area contributed by atoms with Crippen LogP contribution >= 0.6 is 0 Å². The summed E-state index contributed by atoms with van der Waals surface area (Å²) >= 11 is 0. The van der Waals surface area contributed by atoms with Crippen LogP contribution in [-0.4, -0.2) is 12.6 Å². The minimum atomic E-state index is -0.0256. The van der Waals surface area contributed by atoms with E-state index in [1.807, 2.05) is 6.92 Å². The number of ether oxygens (including phenoxy) is 1. The van der Waals surface area contributed by atoms with E-state index in [2.05, 4.69) is 6.92 Å². The molecule has 0 unspecified atom stereocenters.